The summed E-state index contributed by atoms with van der Waals surface area (Å²) in [7, 11) is -4.49. The number of rotatable bonds is 12. The van der Waals surface area contributed by atoms with Crippen molar-refractivity contribution in [3.63, 3.8) is 0 Å². The molecule has 1 aliphatic carbocycles. The van der Waals surface area contributed by atoms with Crippen LogP contribution in [-0.2, 0) is 19.8 Å². The van der Waals surface area contributed by atoms with Crippen molar-refractivity contribution in [1.29, 1.82) is 0 Å². The topological polar surface area (TPSA) is 224 Å². The molecule has 0 spiro atoms. The molecule has 0 aromatic carbocycles. The molecule has 4 atom stereocenters. The second kappa shape index (κ2) is 8.91. The molecular formula is C14H24N6O7S. The Morgan fingerprint density at radius 2 is 2.00 bits per heavy atom. The van der Waals surface area contributed by atoms with Crippen molar-refractivity contribution in [2.45, 2.75) is 56.8 Å². The lowest BCUT2D eigenvalue weighted by atomic mass is 10.1. The van der Waals surface area contributed by atoms with Crippen LogP contribution in [0, 0.1) is 5.92 Å². The number of carbonyl (C=O) groups is 2. The molecule has 8 N–H and O–H groups in total. The zero-order chi connectivity index (χ0) is 21.1. The molecule has 1 aromatic heterocycles. The van der Waals surface area contributed by atoms with E-state index in [1.54, 1.807) is 4.72 Å². The highest BCUT2D eigenvalue weighted by atomic mass is 32.2. The minimum Gasteiger partial charge on any atom is -0.480 e. The fraction of sp³-hybridized carbons (Fsp3) is 0.714. The number of carboxylic acids is 1. The maximum atomic E-state index is 12.2. The lowest BCUT2D eigenvalue weighted by molar-refractivity contribution is -0.141. The largest absolute Gasteiger partial charge is 0.480 e. The Labute approximate surface area is 161 Å². The molecule has 0 aliphatic heterocycles. The summed E-state index contributed by atoms with van der Waals surface area (Å²) in [6.45, 7) is 1.10. The van der Waals surface area contributed by atoms with Crippen molar-refractivity contribution in [1.82, 2.24) is 19.6 Å². The van der Waals surface area contributed by atoms with Crippen molar-refractivity contribution in [3.05, 3.63) is 11.7 Å². The fourth-order valence-electron chi connectivity index (χ4n) is 2.48. The molecule has 2 rings (SSSR count). The standard InChI is InChI=1S/C14H24N6O7S/c1-6(21)11(14(23)24)20-28(25,26)19-9(5-10(16)22)13-17-12(18-27-13)8(15)4-7-2-3-7/h6-9,11,19-21H,2-5,15H2,1H3,(H2,16,22)(H,23,24)/t6?,8-,9-,11+/m1/s1. The highest BCUT2D eigenvalue weighted by molar-refractivity contribution is 7.87. The number of hydrogen-bond acceptors (Lipinski definition) is 9. The van der Waals surface area contributed by atoms with Crippen LogP contribution in [0.25, 0.3) is 0 Å². The van der Waals surface area contributed by atoms with Crippen LogP contribution in [0.15, 0.2) is 4.52 Å². The molecule has 14 heteroatoms. The molecule has 1 saturated carbocycles. The van der Waals surface area contributed by atoms with Gasteiger partial charge in [0.25, 0.3) is 10.2 Å². The van der Waals surface area contributed by atoms with Crippen molar-refractivity contribution in [2.24, 2.45) is 17.4 Å². The van der Waals surface area contributed by atoms with Crippen molar-refractivity contribution >= 4 is 22.1 Å². The van der Waals surface area contributed by atoms with Crippen LogP contribution in [0.5, 0.6) is 0 Å². The predicted molar refractivity (Wildman–Crippen MR) is 93.4 cm³/mol. The van der Waals surface area contributed by atoms with Gasteiger partial charge in [-0.25, -0.2) is 0 Å². The summed E-state index contributed by atoms with van der Waals surface area (Å²) in [5.74, 6) is -2.03. The third-order valence-electron chi connectivity index (χ3n) is 4.10. The highest BCUT2D eigenvalue weighted by Crippen LogP contribution is 2.36. The van der Waals surface area contributed by atoms with Gasteiger partial charge >= 0.3 is 5.97 Å². The van der Waals surface area contributed by atoms with Gasteiger partial charge < -0.3 is 26.2 Å². The van der Waals surface area contributed by atoms with Crippen LogP contribution in [-0.4, -0.2) is 52.8 Å². The lowest BCUT2D eigenvalue weighted by Crippen LogP contribution is -2.52. The Bertz CT molecular complexity index is 807. The molecule has 1 amide bonds. The predicted octanol–water partition coefficient (Wildman–Crippen LogP) is -1.96. The Kier molecular flexibility index (Phi) is 7.06. The number of nitrogens with zero attached hydrogens (tertiary/aromatic N) is 2. The van der Waals surface area contributed by atoms with Crippen LogP contribution < -0.4 is 20.9 Å². The van der Waals surface area contributed by atoms with Gasteiger partial charge in [0.05, 0.1) is 18.6 Å². The molecule has 0 radical (unpaired) electrons. The molecule has 1 aromatic rings. The number of aliphatic carboxylic acids is 1. The molecule has 28 heavy (non-hydrogen) atoms. The summed E-state index contributed by atoms with van der Waals surface area (Å²) >= 11 is 0. The van der Waals surface area contributed by atoms with Gasteiger partial charge in [-0.15, -0.1) is 0 Å². The van der Waals surface area contributed by atoms with Gasteiger partial charge in [0.2, 0.25) is 11.8 Å². The van der Waals surface area contributed by atoms with E-state index in [-0.39, 0.29) is 11.7 Å². The monoisotopic (exact) mass is 420 g/mol. The molecular weight excluding hydrogens is 396 g/mol. The number of amides is 1. The summed E-state index contributed by atoms with van der Waals surface area (Å²) in [6.07, 6.45) is 0.762. The van der Waals surface area contributed by atoms with E-state index in [2.05, 4.69) is 10.1 Å². The highest BCUT2D eigenvalue weighted by Gasteiger charge is 2.33. The molecule has 1 fully saturated rings. The van der Waals surface area contributed by atoms with Crippen molar-refractivity contribution < 1.29 is 32.7 Å². The van der Waals surface area contributed by atoms with E-state index in [0.29, 0.717) is 12.3 Å². The Morgan fingerprint density at radius 3 is 2.50 bits per heavy atom. The number of carboxylic acid groups (broad SMARTS) is 1. The van der Waals surface area contributed by atoms with E-state index < -0.39 is 52.7 Å². The smallest absolute Gasteiger partial charge is 0.324 e. The number of carbonyl (C=O) groups excluding carboxylic acids is 1. The van der Waals surface area contributed by atoms with Gasteiger partial charge in [0.15, 0.2) is 5.82 Å². The van der Waals surface area contributed by atoms with Crippen LogP contribution in [0.1, 0.15) is 56.4 Å². The number of aliphatic hydroxyl groups excluding tert-OH is 1. The van der Waals surface area contributed by atoms with Crippen LogP contribution in [0.4, 0.5) is 0 Å². The zero-order valence-electron chi connectivity index (χ0n) is 15.1. The number of aliphatic hydroxyl groups is 1. The fourth-order valence-corrected chi connectivity index (χ4v) is 3.74. The summed E-state index contributed by atoms with van der Waals surface area (Å²) in [6, 6.07) is -3.65. The molecule has 1 unspecified atom stereocenters. The minimum absolute atomic E-state index is 0.163. The van der Waals surface area contributed by atoms with Gasteiger partial charge in [0, 0.05) is 0 Å². The Morgan fingerprint density at radius 1 is 1.36 bits per heavy atom. The van der Waals surface area contributed by atoms with Gasteiger partial charge in [0.1, 0.15) is 12.1 Å². The van der Waals surface area contributed by atoms with Crippen molar-refractivity contribution in [2.75, 3.05) is 0 Å². The number of nitrogens with one attached hydrogen (secondary N) is 2. The first kappa shape index (κ1) is 22.2. The van der Waals surface area contributed by atoms with Crippen LogP contribution in [0.3, 0.4) is 0 Å². The second-order valence-electron chi connectivity index (χ2n) is 6.80. The summed E-state index contributed by atoms with van der Waals surface area (Å²) in [5.41, 5.74) is 11.1. The molecule has 0 bridgehead atoms. The van der Waals surface area contributed by atoms with Crippen molar-refractivity contribution in [3.8, 4) is 0 Å². The molecule has 1 aliphatic rings. The minimum atomic E-state index is -4.49. The maximum Gasteiger partial charge on any atom is 0.324 e. The quantitative estimate of drug-likeness (QED) is 0.219. The van der Waals surface area contributed by atoms with E-state index in [1.807, 2.05) is 4.72 Å². The van der Waals surface area contributed by atoms with Gasteiger partial charge in [-0.1, -0.05) is 18.0 Å². The number of primary amides is 1. The lowest BCUT2D eigenvalue weighted by Gasteiger charge is -2.19. The maximum absolute atomic E-state index is 12.2. The number of hydrogen-bond donors (Lipinski definition) is 6. The van der Waals surface area contributed by atoms with E-state index in [4.69, 9.17) is 21.1 Å². The van der Waals surface area contributed by atoms with E-state index in [0.717, 1.165) is 19.8 Å². The van der Waals surface area contributed by atoms with Crippen LogP contribution in [0.2, 0.25) is 0 Å². The van der Waals surface area contributed by atoms with E-state index in [9.17, 15) is 23.1 Å². The zero-order valence-corrected chi connectivity index (χ0v) is 15.9. The Hall–Kier alpha value is -2.13. The first-order chi connectivity index (χ1) is 13.0. The van der Waals surface area contributed by atoms with E-state index >= 15 is 0 Å². The summed E-state index contributed by atoms with van der Waals surface area (Å²) in [4.78, 5) is 26.4. The first-order valence-electron chi connectivity index (χ1n) is 8.56. The van der Waals surface area contributed by atoms with Crippen LogP contribution >= 0.6 is 0 Å². The summed E-state index contributed by atoms with van der Waals surface area (Å²) in [5, 5.41) is 22.1. The van der Waals surface area contributed by atoms with E-state index in [1.165, 1.54) is 0 Å². The molecule has 0 saturated heterocycles. The number of nitrogens with two attached hydrogens (primary N) is 2. The average Bonchev–Trinajstić information content (AvgIpc) is 3.22. The molecule has 158 valence electrons. The third-order valence-corrected chi connectivity index (χ3v) is 5.26. The molecule has 13 nitrogen and oxygen atoms in total. The normalized spacial score (nSPS) is 19.0. The summed E-state index contributed by atoms with van der Waals surface area (Å²) < 4.78 is 33.3. The second-order valence-corrected chi connectivity index (χ2v) is 8.27. The van der Waals surface area contributed by atoms with Gasteiger partial charge in [-0.05, 0) is 19.3 Å². The van der Waals surface area contributed by atoms with Gasteiger partial charge in [-0.3, -0.25) is 9.59 Å². The third kappa shape index (κ3) is 6.49. The number of aromatic nitrogens is 2. The SMILES string of the molecule is CC(O)[C@H](NS(=O)(=O)N[C@H](CC(N)=O)c1nc([C@H](N)CC2CC2)no1)C(=O)O. The first-order valence-corrected chi connectivity index (χ1v) is 10.0. The average molecular weight is 420 g/mol. The van der Waals surface area contributed by atoms with Gasteiger partial charge in [-0.2, -0.15) is 22.8 Å². The molecule has 1 heterocycles. The Balaban J connectivity index is 2.15.